The van der Waals surface area contributed by atoms with Crippen molar-refractivity contribution in [1.82, 2.24) is 10.2 Å². The highest BCUT2D eigenvalue weighted by molar-refractivity contribution is 9.10. The van der Waals surface area contributed by atoms with E-state index in [1.807, 2.05) is 12.1 Å². The van der Waals surface area contributed by atoms with Crippen LogP contribution >= 0.6 is 28.3 Å². The van der Waals surface area contributed by atoms with Gasteiger partial charge in [-0.25, -0.2) is 4.39 Å². The minimum absolute atomic E-state index is 0. The number of nitrogens with one attached hydrogen (secondary N) is 1. The van der Waals surface area contributed by atoms with Crippen molar-refractivity contribution >= 4 is 28.3 Å². The van der Waals surface area contributed by atoms with E-state index in [1.54, 1.807) is 12.1 Å². The van der Waals surface area contributed by atoms with E-state index < -0.39 is 0 Å². The largest absolute Gasteiger partial charge is 0.314 e. The van der Waals surface area contributed by atoms with Crippen molar-refractivity contribution in [3.63, 3.8) is 0 Å². The fraction of sp³-hybridized carbons (Fsp3) is 0.429. The van der Waals surface area contributed by atoms with Crippen LogP contribution in [0.15, 0.2) is 35.3 Å². The summed E-state index contributed by atoms with van der Waals surface area (Å²) in [5, 5.41) is 3.33. The van der Waals surface area contributed by atoms with Gasteiger partial charge in [-0.2, -0.15) is 0 Å². The molecule has 1 aliphatic heterocycles. The van der Waals surface area contributed by atoms with Gasteiger partial charge in [0.05, 0.1) is 4.47 Å². The van der Waals surface area contributed by atoms with Crippen molar-refractivity contribution in [3.8, 4) is 0 Å². The van der Waals surface area contributed by atoms with Crippen LogP contribution in [0.5, 0.6) is 0 Å². The zero-order chi connectivity index (χ0) is 13.0. The molecule has 0 radical (unpaired) electrons. The Hall–Kier alpha value is -0.420. The standard InChI is InChI=1S/C14H18BrFN2.ClH/c1-2-3-14(18-8-6-17-7-9-18)11-4-5-12(15)13(16)10-11;/h2,4-5,10,14,17H,1,3,6-9H2;1H/t14-;/m0./s1. The van der Waals surface area contributed by atoms with Crippen LogP contribution < -0.4 is 5.32 Å². The van der Waals surface area contributed by atoms with Crippen LogP contribution in [0.1, 0.15) is 18.0 Å². The van der Waals surface area contributed by atoms with E-state index >= 15 is 0 Å². The average molecular weight is 350 g/mol. The molecule has 0 spiro atoms. The molecule has 2 nitrogen and oxygen atoms in total. The first-order valence-corrected chi connectivity index (χ1v) is 7.02. The van der Waals surface area contributed by atoms with Gasteiger partial charge in [-0.15, -0.1) is 19.0 Å². The van der Waals surface area contributed by atoms with Crippen LogP contribution in [0, 0.1) is 5.82 Å². The maximum absolute atomic E-state index is 13.6. The fourth-order valence-corrected chi connectivity index (χ4v) is 2.61. The van der Waals surface area contributed by atoms with Crippen molar-refractivity contribution in [2.45, 2.75) is 12.5 Å². The molecular formula is C14H19BrClFN2. The van der Waals surface area contributed by atoms with Gasteiger partial charge in [0.2, 0.25) is 0 Å². The van der Waals surface area contributed by atoms with E-state index in [0.717, 1.165) is 38.2 Å². The van der Waals surface area contributed by atoms with Crippen LogP contribution in [0.2, 0.25) is 0 Å². The number of nitrogens with zero attached hydrogens (tertiary/aromatic N) is 1. The summed E-state index contributed by atoms with van der Waals surface area (Å²) in [6.07, 6.45) is 2.76. The van der Waals surface area contributed by atoms with Crippen molar-refractivity contribution in [3.05, 3.63) is 46.7 Å². The van der Waals surface area contributed by atoms with Gasteiger partial charge < -0.3 is 5.32 Å². The molecule has 0 saturated carbocycles. The molecule has 106 valence electrons. The van der Waals surface area contributed by atoms with Gasteiger partial charge in [0.1, 0.15) is 5.82 Å². The molecule has 1 aliphatic rings. The van der Waals surface area contributed by atoms with Crippen LogP contribution in [0.25, 0.3) is 0 Å². The Morgan fingerprint density at radius 1 is 1.42 bits per heavy atom. The molecule has 0 aromatic heterocycles. The maximum atomic E-state index is 13.6. The molecule has 5 heteroatoms. The second-order valence-electron chi connectivity index (χ2n) is 4.50. The zero-order valence-electron chi connectivity index (χ0n) is 10.7. The third-order valence-electron chi connectivity index (χ3n) is 3.31. The first kappa shape index (κ1) is 16.6. The van der Waals surface area contributed by atoms with Crippen LogP contribution in [-0.2, 0) is 0 Å². The third kappa shape index (κ3) is 4.28. The topological polar surface area (TPSA) is 15.3 Å². The van der Waals surface area contributed by atoms with E-state index in [9.17, 15) is 4.39 Å². The fourth-order valence-electron chi connectivity index (χ4n) is 2.37. The Labute approximate surface area is 128 Å². The summed E-state index contributed by atoms with van der Waals surface area (Å²) >= 11 is 3.19. The lowest BCUT2D eigenvalue weighted by Crippen LogP contribution is -2.45. The minimum atomic E-state index is -0.198. The van der Waals surface area contributed by atoms with E-state index in [4.69, 9.17) is 0 Å². The second kappa shape index (κ2) is 8.00. The molecule has 19 heavy (non-hydrogen) atoms. The van der Waals surface area contributed by atoms with Crippen LogP contribution in [-0.4, -0.2) is 31.1 Å². The van der Waals surface area contributed by atoms with Gasteiger partial charge >= 0.3 is 0 Å². The molecule has 1 atom stereocenters. The number of hydrogen-bond acceptors (Lipinski definition) is 2. The quantitative estimate of drug-likeness (QED) is 0.837. The molecule has 0 unspecified atom stereocenters. The molecule has 1 aromatic rings. The first-order chi connectivity index (χ1) is 8.72. The summed E-state index contributed by atoms with van der Waals surface area (Å²) in [6, 6.07) is 5.62. The maximum Gasteiger partial charge on any atom is 0.137 e. The van der Waals surface area contributed by atoms with E-state index in [0.29, 0.717) is 4.47 Å². The average Bonchev–Trinajstić information content (AvgIpc) is 2.40. The van der Waals surface area contributed by atoms with E-state index in [2.05, 4.69) is 32.7 Å². The zero-order valence-corrected chi connectivity index (χ0v) is 13.1. The number of piperazine rings is 1. The molecule has 0 bridgehead atoms. The molecule has 1 N–H and O–H groups in total. The highest BCUT2D eigenvalue weighted by Crippen LogP contribution is 2.27. The number of rotatable bonds is 4. The Balaban J connectivity index is 0.00000180. The predicted molar refractivity (Wildman–Crippen MR) is 83.3 cm³/mol. The molecule has 1 fully saturated rings. The van der Waals surface area contributed by atoms with E-state index in [1.165, 1.54) is 0 Å². The monoisotopic (exact) mass is 348 g/mol. The first-order valence-electron chi connectivity index (χ1n) is 6.23. The lowest BCUT2D eigenvalue weighted by atomic mass is 10.0. The van der Waals surface area contributed by atoms with Gasteiger partial charge in [0.25, 0.3) is 0 Å². The van der Waals surface area contributed by atoms with Gasteiger partial charge in [-0.05, 0) is 40.0 Å². The molecular weight excluding hydrogens is 331 g/mol. The lowest BCUT2D eigenvalue weighted by Gasteiger charge is -2.34. The molecule has 1 heterocycles. The number of halogens is 3. The number of benzene rings is 1. The summed E-state index contributed by atoms with van der Waals surface area (Å²) in [6.45, 7) is 7.79. The molecule has 2 rings (SSSR count). The van der Waals surface area contributed by atoms with Crippen LogP contribution in [0.4, 0.5) is 4.39 Å². The summed E-state index contributed by atoms with van der Waals surface area (Å²) in [7, 11) is 0. The summed E-state index contributed by atoms with van der Waals surface area (Å²) in [5.74, 6) is -0.198. The Kier molecular flexibility index (Phi) is 7.00. The Bertz CT molecular complexity index is 422. The van der Waals surface area contributed by atoms with Gasteiger partial charge in [-0.1, -0.05) is 12.1 Å². The van der Waals surface area contributed by atoms with Gasteiger partial charge in [0.15, 0.2) is 0 Å². The third-order valence-corrected chi connectivity index (χ3v) is 3.95. The highest BCUT2D eigenvalue weighted by Gasteiger charge is 2.21. The van der Waals surface area contributed by atoms with Crippen LogP contribution in [0.3, 0.4) is 0 Å². The molecule has 1 saturated heterocycles. The summed E-state index contributed by atoms with van der Waals surface area (Å²) in [5.41, 5.74) is 1.03. The van der Waals surface area contributed by atoms with Crippen molar-refractivity contribution in [2.75, 3.05) is 26.2 Å². The predicted octanol–water partition coefficient (Wildman–Crippen LogP) is 3.53. The van der Waals surface area contributed by atoms with E-state index in [-0.39, 0.29) is 24.3 Å². The smallest absolute Gasteiger partial charge is 0.137 e. The molecule has 0 aliphatic carbocycles. The summed E-state index contributed by atoms with van der Waals surface area (Å²) < 4.78 is 14.2. The normalized spacial score (nSPS) is 17.6. The second-order valence-corrected chi connectivity index (χ2v) is 5.35. The molecule has 1 aromatic carbocycles. The van der Waals surface area contributed by atoms with Crippen molar-refractivity contribution in [2.24, 2.45) is 0 Å². The van der Waals surface area contributed by atoms with Gasteiger partial charge in [0, 0.05) is 32.2 Å². The highest BCUT2D eigenvalue weighted by atomic mass is 79.9. The van der Waals surface area contributed by atoms with Crippen molar-refractivity contribution < 1.29 is 4.39 Å². The molecule has 0 amide bonds. The van der Waals surface area contributed by atoms with Gasteiger partial charge in [-0.3, -0.25) is 4.90 Å². The lowest BCUT2D eigenvalue weighted by molar-refractivity contribution is 0.174. The van der Waals surface area contributed by atoms with Crippen molar-refractivity contribution in [1.29, 1.82) is 0 Å². The Morgan fingerprint density at radius 3 is 2.68 bits per heavy atom. The number of hydrogen-bond donors (Lipinski definition) is 1. The Morgan fingerprint density at radius 2 is 2.11 bits per heavy atom. The minimum Gasteiger partial charge on any atom is -0.314 e. The SMILES string of the molecule is C=CC[C@@H](c1ccc(Br)c(F)c1)N1CCNCC1.Cl. The summed E-state index contributed by atoms with van der Waals surface area (Å²) in [4.78, 5) is 2.39.